The van der Waals surface area contributed by atoms with Crippen molar-refractivity contribution in [2.75, 3.05) is 7.11 Å². The number of hydrogen-bond donors (Lipinski definition) is 1. The fraction of sp³-hybridized carbons (Fsp3) is 0.200. The summed E-state index contributed by atoms with van der Waals surface area (Å²) in [5.74, 6) is -0.435. The van der Waals surface area contributed by atoms with E-state index in [2.05, 4.69) is 15.1 Å². The van der Waals surface area contributed by atoms with Gasteiger partial charge in [0.15, 0.2) is 0 Å². The van der Waals surface area contributed by atoms with Crippen molar-refractivity contribution in [1.29, 1.82) is 0 Å². The molecule has 3 rings (SSSR count). The highest BCUT2D eigenvalue weighted by Gasteiger charge is 2.20. The summed E-state index contributed by atoms with van der Waals surface area (Å²) in [7, 11) is 1.32. The highest BCUT2D eigenvalue weighted by atomic mass is 16.5. The first-order chi connectivity index (χ1) is 13.1. The molecule has 7 heteroatoms. The molecule has 0 fully saturated rings. The molecule has 138 valence electrons. The maximum Gasteiger partial charge on any atom is 0.311 e. The van der Waals surface area contributed by atoms with Crippen molar-refractivity contribution in [3.05, 3.63) is 82.0 Å². The summed E-state index contributed by atoms with van der Waals surface area (Å²) < 4.78 is 6.16. The lowest BCUT2D eigenvalue weighted by atomic mass is 10.1. The molecule has 1 aromatic carbocycles. The van der Waals surface area contributed by atoms with Gasteiger partial charge in [-0.15, -0.1) is 0 Å². The number of rotatable bonds is 6. The van der Waals surface area contributed by atoms with Crippen molar-refractivity contribution in [1.82, 2.24) is 14.8 Å². The van der Waals surface area contributed by atoms with E-state index in [0.29, 0.717) is 29.2 Å². The van der Waals surface area contributed by atoms with Gasteiger partial charge in [-0.1, -0.05) is 24.3 Å². The van der Waals surface area contributed by atoms with E-state index in [1.165, 1.54) is 11.8 Å². The molecule has 0 aliphatic carbocycles. The number of nitrogens with zero attached hydrogens (tertiary/aromatic N) is 3. The van der Waals surface area contributed by atoms with Crippen LogP contribution in [0.3, 0.4) is 0 Å². The number of esters is 1. The van der Waals surface area contributed by atoms with Crippen molar-refractivity contribution in [3.63, 3.8) is 0 Å². The summed E-state index contributed by atoms with van der Waals surface area (Å²) in [5.41, 5.74) is 2.60. The molecule has 3 aromatic rings. The first-order valence-electron chi connectivity index (χ1n) is 8.47. The highest BCUT2D eigenvalue weighted by Crippen LogP contribution is 2.11. The second-order valence-corrected chi connectivity index (χ2v) is 5.92. The molecule has 7 nitrogen and oxygen atoms in total. The van der Waals surface area contributed by atoms with Crippen LogP contribution < -0.4 is 5.56 Å². The third-order valence-corrected chi connectivity index (χ3v) is 4.09. The van der Waals surface area contributed by atoms with Crippen molar-refractivity contribution in [3.8, 4) is 5.69 Å². The minimum absolute atomic E-state index is 0.0443. The van der Waals surface area contributed by atoms with Crippen LogP contribution in [-0.2, 0) is 22.5 Å². The lowest BCUT2D eigenvalue weighted by Crippen LogP contribution is -2.20. The maximum absolute atomic E-state index is 13.0. The summed E-state index contributed by atoms with van der Waals surface area (Å²) in [4.78, 5) is 33.5. The topological polar surface area (TPSA) is 89.3 Å². The maximum atomic E-state index is 13.0. The number of carbonyl (C=O) groups is 1. The third-order valence-electron chi connectivity index (χ3n) is 4.09. The quantitative estimate of drug-likeness (QED) is 0.537. The molecular weight excluding hydrogens is 344 g/mol. The van der Waals surface area contributed by atoms with E-state index >= 15 is 0 Å². The SMILES string of the molecule is COC(=O)Cc1[nH]n(-c2ccccc2)c(=O)c1C(C)=NCc1ccccn1. The number of aromatic amines is 1. The molecule has 0 saturated heterocycles. The Balaban J connectivity index is 2.02. The normalized spacial score (nSPS) is 11.4. The number of pyridine rings is 1. The zero-order valence-corrected chi connectivity index (χ0v) is 15.2. The van der Waals surface area contributed by atoms with Gasteiger partial charge >= 0.3 is 5.97 Å². The molecule has 0 saturated carbocycles. The Hall–Kier alpha value is -3.48. The Morgan fingerprint density at radius 3 is 2.59 bits per heavy atom. The Bertz CT molecular complexity index is 1000. The number of para-hydroxylation sites is 1. The number of methoxy groups -OCH3 is 1. The third kappa shape index (κ3) is 4.20. The van der Waals surface area contributed by atoms with Gasteiger partial charge in [0.25, 0.3) is 5.56 Å². The molecule has 0 bridgehead atoms. The van der Waals surface area contributed by atoms with Crippen LogP contribution in [0.4, 0.5) is 0 Å². The number of benzene rings is 1. The van der Waals surface area contributed by atoms with Crippen molar-refractivity contribution < 1.29 is 9.53 Å². The predicted octanol–water partition coefficient (Wildman–Crippen LogP) is 2.29. The van der Waals surface area contributed by atoms with E-state index in [9.17, 15) is 9.59 Å². The van der Waals surface area contributed by atoms with E-state index in [-0.39, 0.29) is 12.0 Å². The van der Waals surface area contributed by atoms with Crippen LogP contribution in [0, 0.1) is 0 Å². The number of aromatic nitrogens is 3. The molecule has 27 heavy (non-hydrogen) atoms. The van der Waals surface area contributed by atoms with E-state index in [0.717, 1.165) is 5.69 Å². The van der Waals surface area contributed by atoms with Gasteiger partial charge in [0.2, 0.25) is 0 Å². The summed E-state index contributed by atoms with van der Waals surface area (Å²) in [6.45, 7) is 2.10. The van der Waals surface area contributed by atoms with Crippen LogP contribution in [0.1, 0.15) is 23.9 Å². The summed E-state index contributed by atoms with van der Waals surface area (Å²) in [6, 6.07) is 14.7. The molecule has 1 N–H and O–H groups in total. The number of aliphatic imine (C=N–C) groups is 1. The standard InChI is InChI=1S/C20H20N4O3/c1-14(22-13-15-8-6-7-11-21-15)19-17(12-18(25)27-2)23-24(20(19)26)16-9-4-3-5-10-16/h3-11,23H,12-13H2,1-2H3. The van der Waals surface area contributed by atoms with E-state index in [1.807, 2.05) is 48.5 Å². The first kappa shape index (κ1) is 18.3. The van der Waals surface area contributed by atoms with E-state index in [4.69, 9.17) is 4.74 Å². The first-order valence-corrected chi connectivity index (χ1v) is 8.47. The van der Waals surface area contributed by atoms with Crippen LogP contribution >= 0.6 is 0 Å². The highest BCUT2D eigenvalue weighted by molar-refractivity contribution is 6.00. The van der Waals surface area contributed by atoms with Crippen LogP contribution in [0.2, 0.25) is 0 Å². The van der Waals surface area contributed by atoms with Gasteiger partial charge in [-0.25, -0.2) is 4.68 Å². The van der Waals surface area contributed by atoms with Crippen LogP contribution in [0.5, 0.6) is 0 Å². The number of ether oxygens (including phenoxy) is 1. The molecule has 0 aliphatic rings. The van der Waals surface area contributed by atoms with Crippen molar-refractivity contribution in [2.24, 2.45) is 4.99 Å². The Morgan fingerprint density at radius 1 is 1.19 bits per heavy atom. The van der Waals surface area contributed by atoms with E-state index < -0.39 is 5.97 Å². The average molecular weight is 364 g/mol. The molecular formula is C20H20N4O3. The summed E-state index contributed by atoms with van der Waals surface area (Å²) in [6.07, 6.45) is 1.65. The average Bonchev–Trinajstić information content (AvgIpc) is 3.03. The van der Waals surface area contributed by atoms with Gasteiger partial charge in [0.1, 0.15) is 0 Å². The van der Waals surface area contributed by atoms with E-state index in [1.54, 1.807) is 13.1 Å². The van der Waals surface area contributed by atoms with Gasteiger partial charge in [-0.05, 0) is 31.2 Å². The number of nitrogens with one attached hydrogen (secondary N) is 1. The van der Waals surface area contributed by atoms with Gasteiger partial charge in [-0.3, -0.25) is 24.7 Å². The largest absolute Gasteiger partial charge is 0.469 e. The Kier molecular flexibility index (Phi) is 5.61. The molecule has 2 aromatic heterocycles. The van der Waals surface area contributed by atoms with Gasteiger partial charge in [0, 0.05) is 11.9 Å². The van der Waals surface area contributed by atoms with Gasteiger partial charge < -0.3 is 4.74 Å². The molecule has 0 radical (unpaired) electrons. The molecule has 0 atom stereocenters. The van der Waals surface area contributed by atoms with Crippen LogP contribution in [0.25, 0.3) is 5.69 Å². The molecule has 0 spiro atoms. The second kappa shape index (κ2) is 8.27. The van der Waals surface area contributed by atoms with Crippen molar-refractivity contribution in [2.45, 2.75) is 19.9 Å². The number of H-pyrrole nitrogens is 1. The van der Waals surface area contributed by atoms with Gasteiger partial charge in [0.05, 0.1) is 42.7 Å². The zero-order valence-electron chi connectivity index (χ0n) is 15.2. The molecule has 0 aliphatic heterocycles. The molecule has 2 heterocycles. The monoisotopic (exact) mass is 364 g/mol. The number of carbonyl (C=O) groups excluding carboxylic acids is 1. The van der Waals surface area contributed by atoms with Crippen LogP contribution in [0.15, 0.2) is 64.5 Å². The predicted molar refractivity (Wildman–Crippen MR) is 102 cm³/mol. The number of hydrogen-bond acceptors (Lipinski definition) is 5. The van der Waals surface area contributed by atoms with Crippen molar-refractivity contribution >= 4 is 11.7 Å². The smallest absolute Gasteiger partial charge is 0.311 e. The molecule has 0 unspecified atom stereocenters. The van der Waals surface area contributed by atoms with Crippen LogP contribution in [-0.4, -0.2) is 33.6 Å². The second-order valence-electron chi connectivity index (χ2n) is 5.92. The minimum atomic E-state index is -0.435. The lowest BCUT2D eigenvalue weighted by Gasteiger charge is -2.02. The summed E-state index contributed by atoms with van der Waals surface area (Å²) >= 11 is 0. The molecule has 0 amide bonds. The van der Waals surface area contributed by atoms with Gasteiger partial charge in [-0.2, -0.15) is 0 Å². The fourth-order valence-corrected chi connectivity index (χ4v) is 2.73. The fourth-order valence-electron chi connectivity index (χ4n) is 2.73. The minimum Gasteiger partial charge on any atom is -0.469 e. The Morgan fingerprint density at radius 2 is 1.93 bits per heavy atom. The summed E-state index contributed by atoms with van der Waals surface area (Å²) in [5, 5.41) is 3.02. The lowest BCUT2D eigenvalue weighted by molar-refractivity contribution is -0.139. The Labute approximate surface area is 156 Å². The zero-order chi connectivity index (χ0) is 19.2.